The third-order valence-electron chi connectivity index (χ3n) is 4.26. The number of hydrogen-bond donors (Lipinski definition) is 0. The molecule has 0 spiro atoms. The molecule has 1 unspecified atom stereocenters. The third kappa shape index (κ3) is 1.02. The smallest absolute Gasteiger partial charge is 0.135 e. The molecule has 3 aliphatic rings. The van der Waals surface area contributed by atoms with E-state index in [0.717, 1.165) is 5.92 Å². The molecule has 12 heavy (non-hydrogen) atoms. The maximum absolute atomic E-state index is 11.5. The van der Waals surface area contributed by atoms with E-state index in [-0.39, 0.29) is 5.41 Å². The molecule has 3 aliphatic carbocycles. The van der Waals surface area contributed by atoms with Gasteiger partial charge in [0.15, 0.2) is 0 Å². The lowest BCUT2D eigenvalue weighted by atomic mass is 9.55. The summed E-state index contributed by atoms with van der Waals surface area (Å²) < 4.78 is 0. The van der Waals surface area contributed by atoms with Crippen LogP contribution in [0.4, 0.5) is 0 Å². The second-order valence-corrected chi connectivity index (χ2v) is 4.90. The Morgan fingerprint density at radius 1 is 1.25 bits per heavy atom. The van der Waals surface area contributed by atoms with E-state index < -0.39 is 0 Å². The molecule has 1 atom stereocenters. The lowest BCUT2D eigenvalue weighted by Gasteiger charge is -2.48. The molecule has 0 aromatic rings. The summed E-state index contributed by atoms with van der Waals surface area (Å²) in [4.78, 5) is 11.5. The molecule has 0 aromatic heterocycles. The van der Waals surface area contributed by atoms with Gasteiger partial charge in [0.2, 0.25) is 0 Å². The fraction of sp³-hybridized carbons (Fsp3) is 0.909. The normalized spacial score (nSPS) is 46.2. The first kappa shape index (κ1) is 8.28. The highest BCUT2D eigenvalue weighted by Gasteiger charge is 2.46. The van der Waals surface area contributed by atoms with E-state index in [4.69, 9.17) is 0 Å². The van der Waals surface area contributed by atoms with Gasteiger partial charge in [-0.3, -0.25) is 4.79 Å². The van der Waals surface area contributed by atoms with Gasteiger partial charge in [0.05, 0.1) is 0 Å². The number of carbonyl (C=O) groups excluding carboxylic acids is 1. The van der Waals surface area contributed by atoms with Crippen LogP contribution in [0.5, 0.6) is 0 Å². The van der Waals surface area contributed by atoms with Gasteiger partial charge in [-0.05, 0) is 38.0 Å². The summed E-state index contributed by atoms with van der Waals surface area (Å²) in [5, 5.41) is 0. The maximum atomic E-state index is 11.5. The summed E-state index contributed by atoms with van der Waals surface area (Å²) in [5.41, 5.74) is 0.0567. The van der Waals surface area contributed by atoms with Crippen LogP contribution in [-0.4, -0.2) is 5.78 Å². The Kier molecular flexibility index (Phi) is 1.78. The van der Waals surface area contributed by atoms with Crippen molar-refractivity contribution in [2.75, 3.05) is 0 Å². The molecule has 3 saturated carbocycles. The number of carbonyl (C=O) groups is 1. The molecule has 0 heterocycles. The molecule has 0 aliphatic heterocycles. The van der Waals surface area contributed by atoms with Crippen molar-refractivity contribution in [3.05, 3.63) is 0 Å². The Morgan fingerprint density at radius 2 is 1.83 bits per heavy atom. The number of hydrogen-bond acceptors (Lipinski definition) is 1. The van der Waals surface area contributed by atoms with Crippen LogP contribution < -0.4 is 0 Å². The van der Waals surface area contributed by atoms with Gasteiger partial charge < -0.3 is 0 Å². The predicted octanol–water partition coefficient (Wildman–Crippen LogP) is 2.79. The van der Waals surface area contributed by atoms with Crippen molar-refractivity contribution in [3.8, 4) is 0 Å². The number of rotatable bonds is 1. The Hall–Kier alpha value is -0.330. The Balaban J connectivity index is 2.22. The fourth-order valence-corrected chi connectivity index (χ4v) is 3.20. The quantitative estimate of drug-likeness (QED) is 0.585. The highest BCUT2D eigenvalue weighted by molar-refractivity contribution is 5.82. The predicted molar refractivity (Wildman–Crippen MR) is 48.9 cm³/mol. The minimum Gasteiger partial charge on any atom is -0.299 e. The van der Waals surface area contributed by atoms with Crippen molar-refractivity contribution in [1.82, 2.24) is 0 Å². The molecular weight excluding hydrogens is 148 g/mol. The molecule has 2 bridgehead atoms. The van der Waals surface area contributed by atoms with Crippen LogP contribution >= 0.6 is 0 Å². The third-order valence-corrected chi connectivity index (χ3v) is 4.26. The summed E-state index contributed by atoms with van der Waals surface area (Å²) in [7, 11) is 0. The SMILES string of the molecule is CC(=O)C1(C)CC2CCC1CC2. The number of ketones is 1. The lowest BCUT2D eigenvalue weighted by Crippen LogP contribution is -2.44. The van der Waals surface area contributed by atoms with Gasteiger partial charge in [-0.25, -0.2) is 0 Å². The lowest BCUT2D eigenvalue weighted by molar-refractivity contribution is -0.135. The van der Waals surface area contributed by atoms with E-state index in [1.807, 2.05) is 0 Å². The van der Waals surface area contributed by atoms with Crippen molar-refractivity contribution < 1.29 is 4.79 Å². The topological polar surface area (TPSA) is 17.1 Å². The van der Waals surface area contributed by atoms with Crippen LogP contribution in [-0.2, 0) is 4.79 Å². The molecular formula is C11H18O. The molecule has 0 N–H and O–H groups in total. The summed E-state index contributed by atoms with van der Waals surface area (Å²) in [6, 6.07) is 0. The van der Waals surface area contributed by atoms with Crippen LogP contribution in [0.25, 0.3) is 0 Å². The van der Waals surface area contributed by atoms with Crippen LogP contribution in [0.2, 0.25) is 0 Å². The van der Waals surface area contributed by atoms with Crippen molar-refractivity contribution in [2.45, 2.75) is 46.0 Å². The largest absolute Gasteiger partial charge is 0.299 e. The monoisotopic (exact) mass is 166 g/mol. The molecule has 1 heteroatoms. The molecule has 68 valence electrons. The second-order valence-electron chi connectivity index (χ2n) is 4.90. The second kappa shape index (κ2) is 2.58. The van der Waals surface area contributed by atoms with E-state index >= 15 is 0 Å². The Labute approximate surface area is 74.5 Å². The van der Waals surface area contributed by atoms with E-state index in [0.29, 0.717) is 11.7 Å². The van der Waals surface area contributed by atoms with Crippen molar-refractivity contribution in [3.63, 3.8) is 0 Å². The van der Waals surface area contributed by atoms with Gasteiger partial charge in [-0.2, -0.15) is 0 Å². The van der Waals surface area contributed by atoms with Gasteiger partial charge >= 0.3 is 0 Å². The van der Waals surface area contributed by atoms with Crippen molar-refractivity contribution >= 4 is 5.78 Å². The highest BCUT2D eigenvalue weighted by atomic mass is 16.1. The standard InChI is InChI=1S/C11H18O/c1-8(12)11(2)7-9-3-5-10(11)6-4-9/h9-10H,3-7H2,1-2H3. The van der Waals surface area contributed by atoms with E-state index in [1.54, 1.807) is 6.92 Å². The van der Waals surface area contributed by atoms with Gasteiger partial charge in [0.1, 0.15) is 5.78 Å². The van der Waals surface area contributed by atoms with Crippen molar-refractivity contribution in [1.29, 1.82) is 0 Å². The van der Waals surface area contributed by atoms with Crippen molar-refractivity contribution in [2.24, 2.45) is 17.3 Å². The maximum Gasteiger partial charge on any atom is 0.135 e. The first-order chi connectivity index (χ1) is 5.63. The average molecular weight is 166 g/mol. The average Bonchev–Trinajstić information content (AvgIpc) is 2.05. The van der Waals surface area contributed by atoms with Gasteiger partial charge in [-0.1, -0.05) is 19.8 Å². The number of Topliss-reactive ketones (excluding diaryl/α,β-unsaturated/α-hetero) is 1. The molecule has 1 nitrogen and oxygen atoms in total. The highest BCUT2D eigenvalue weighted by Crippen LogP contribution is 2.52. The molecule has 3 fully saturated rings. The summed E-state index contributed by atoms with van der Waals surface area (Å²) in [6.45, 7) is 3.96. The van der Waals surface area contributed by atoms with Crippen LogP contribution in [0.1, 0.15) is 46.0 Å². The van der Waals surface area contributed by atoms with E-state index in [1.165, 1.54) is 32.1 Å². The van der Waals surface area contributed by atoms with Crippen LogP contribution in [0.15, 0.2) is 0 Å². The summed E-state index contributed by atoms with van der Waals surface area (Å²) in [5.74, 6) is 2.00. The fourth-order valence-electron chi connectivity index (χ4n) is 3.20. The van der Waals surface area contributed by atoms with Gasteiger partial charge in [0.25, 0.3) is 0 Å². The molecule has 0 radical (unpaired) electrons. The first-order valence-electron chi connectivity index (χ1n) is 5.14. The minimum atomic E-state index is 0.0567. The molecule has 0 aromatic carbocycles. The summed E-state index contributed by atoms with van der Waals surface area (Å²) >= 11 is 0. The van der Waals surface area contributed by atoms with Gasteiger partial charge in [0, 0.05) is 5.41 Å². The minimum absolute atomic E-state index is 0.0567. The number of fused-ring (bicyclic) bond motifs is 3. The van der Waals surface area contributed by atoms with Gasteiger partial charge in [-0.15, -0.1) is 0 Å². The molecule has 3 rings (SSSR count). The first-order valence-corrected chi connectivity index (χ1v) is 5.14. The zero-order chi connectivity index (χ0) is 8.77. The molecule has 0 saturated heterocycles. The Morgan fingerprint density at radius 3 is 2.08 bits per heavy atom. The van der Waals surface area contributed by atoms with Crippen LogP contribution in [0.3, 0.4) is 0 Å². The molecule has 0 amide bonds. The zero-order valence-electron chi connectivity index (χ0n) is 8.10. The van der Waals surface area contributed by atoms with E-state index in [2.05, 4.69) is 6.92 Å². The van der Waals surface area contributed by atoms with Crippen LogP contribution in [0, 0.1) is 17.3 Å². The zero-order valence-corrected chi connectivity index (χ0v) is 8.10. The Bertz CT molecular complexity index is 201. The van der Waals surface area contributed by atoms with E-state index in [9.17, 15) is 4.79 Å². The summed E-state index contributed by atoms with van der Waals surface area (Å²) in [6.07, 6.45) is 6.55.